The molecule has 24 heavy (non-hydrogen) atoms. The van der Waals surface area contributed by atoms with Crippen molar-refractivity contribution in [2.24, 2.45) is 0 Å². The maximum atomic E-state index is 2.35. The van der Waals surface area contributed by atoms with Crippen LogP contribution in [0.4, 0.5) is 0 Å². The van der Waals surface area contributed by atoms with Crippen molar-refractivity contribution >= 4 is 6.15 Å². The van der Waals surface area contributed by atoms with E-state index in [-0.39, 0.29) is 6.15 Å². The molecule has 0 aliphatic heterocycles. The van der Waals surface area contributed by atoms with Crippen molar-refractivity contribution in [3.63, 3.8) is 0 Å². The molecular weight excluding hydrogens is 289 g/mol. The topological polar surface area (TPSA) is 4.44 Å². The minimum atomic E-state index is -0.00722. The van der Waals surface area contributed by atoms with E-state index in [1.54, 1.807) is 30.2 Å². The van der Waals surface area contributed by atoms with Crippen LogP contribution in [0.1, 0.15) is 99.8 Å². The summed E-state index contributed by atoms with van der Waals surface area (Å²) in [6, 6.07) is 0. The fourth-order valence-corrected chi connectivity index (χ4v) is 4.16. The average Bonchev–Trinajstić information content (AvgIpc) is 2.62. The van der Waals surface area contributed by atoms with Gasteiger partial charge in [0.25, 0.3) is 0 Å². The zero-order valence-electron chi connectivity index (χ0n) is 18.7. The van der Waals surface area contributed by atoms with E-state index in [1.165, 1.54) is 71.0 Å². The molecule has 1 N–H and O–H groups in total. The van der Waals surface area contributed by atoms with Gasteiger partial charge in [-0.3, -0.25) is 0 Å². The van der Waals surface area contributed by atoms with Crippen LogP contribution >= 0.6 is 0 Å². The Morgan fingerprint density at radius 3 is 0.833 bits per heavy atom. The van der Waals surface area contributed by atoms with E-state index in [2.05, 4.69) is 48.5 Å². The number of rotatable bonds is 15. The van der Waals surface area contributed by atoms with Gasteiger partial charge in [0.15, 0.2) is 0 Å². The number of hydrogen-bond donors (Lipinski definition) is 1. The Kier molecular flexibility index (Phi) is 21.2. The third kappa shape index (κ3) is 14.4. The minimum absolute atomic E-state index is 0.00722. The molecule has 0 saturated carbocycles. The van der Waals surface area contributed by atoms with Gasteiger partial charge in [-0.2, -0.15) is 25.3 Å². The van der Waals surface area contributed by atoms with Crippen molar-refractivity contribution in [1.82, 2.24) is 0 Å². The molecule has 0 saturated heterocycles. The third-order valence-corrected chi connectivity index (χ3v) is 6.18. The van der Waals surface area contributed by atoms with Gasteiger partial charge in [-0.25, -0.2) is 0 Å². The second kappa shape index (κ2) is 19.4. The summed E-state index contributed by atoms with van der Waals surface area (Å²) in [7, 11) is 0. The molecule has 148 valence electrons. The molecule has 0 heterocycles. The van der Waals surface area contributed by atoms with E-state index >= 15 is 0 Å². The molecule has 0 aliphatic carbocycles. The second-order valence-electron chi connectivity index (χ2n) is 8.11. The molecule has 1 nitrogen and oxygen atoms in total. The molecular formula is C22H52BN. The highest BCUT2D eigenvalue weighted by molar-refractivity contribution is 6.79. The first-order chi connectivity index (χ1) is 11.6. The summed E-state index contributed by atoms with van der Waals surface area (Å²) in [6.07, 6.45) is 17.6. The van der Waals surface area contributed by atoms with Crippen LogP contribution in [0.5, 0.6) is 0 Å². The lowest BCUT2D eigenvalue weighted by molar-refractivity contribution is -0.894. The van der Waals surface area contributed by atoms with Crippen LogP contribution in [0.25, 0.3) is 0 Å². The van der Waals surface area contributed by atoms with Gasteiger partial charge >= 0.3 is 0 Å². The van der Waals surface area contributed by atoms with Crippen molar-refractivity contribution in [3.8, 4) is 0 Å². The first-order valence-corrected chi connectivity index (χ1v) is 11.6. The molecule has 0 aromatic rings. The molecule has 0 radical (unpaired) electrons. The standard InChI is InChI=1S/C16H36B.C6H15N/c1-5-9-13-17(14-10-6-2,15-11-7-3)16-12-8-4;1-4-7(5-2)6-3/h5-16H2,1-4H3;4-6H2,1-3H3/q-1;/p+1. The smallest absolute Gasteiger partial charge is 0.0742 e. The van der Waals surface area contributed by atoms with Crippen LogP contribution in [0.2, 0.25) is 25.3 Å². The first kappa shape index (κ1) is 26.3. The molecule has 0 rings (SSSR count). The van der Waals surface area contributed by atoms with Gasteiger partial charge < -0.3 is 4.90 Å². The Morgan fingerprint density at radius 1 is 0.458 bits per heavy atom. The molecule has 2 heteroatoms. The third-order valence-electron chi connectivity index (χ3n) is 6.18. The van der Waals surface area contributed by atoms with Gasteiger partial charge in [-0.15, -0.1) is 0 Å². The fraction of sp³-hybridized carbons (Fsp3) is 1.00. The van der Waals surface area contributed by atoms with Gasteiger partial charge in [0, 0.05) is 6.15 Å². The van der Waals surface area contributed by atoms with Crippen LogP contribution in [-0.4, -0.2) is 25.8 Å². The molecule has 0 aliphatic rings. The van der Waals surface area contributed by atoms with Crippen LogP contribution in [-0.2, 0) is 0 Å². The Morgan fingerprint density at radius 2 is 0.708 bits per heavy atom. The summed E-state index contributed by atoms with van der Waals surface area (Å²) in [6.45, 7) is 19.9. The SMILES string of the molecule is CCCC[B-](CCCC)(CCCC)CCCC.CC[NH+](CC)CC. The van der Waals surface area contributed by atoms with Crippen LogP contribution in [0.15, 0.2) is 0 Å². The van der Waals surface area contributed by atoms with Crippen molar-refractivity contribution in [2.75, 3.05) is 19.6 Å². The summed E-state index contributed by atoms with van der Waals surface area (Å²) in [5.41, 5.74) is 0. The zero-order valence-corrected chi connectivity index (χ0v) is 18.7. The molecule has 0 fully saturated rings. The van der Waals surface area contributed by atoms with E-state index < -0.39 is 0 Å². The van der Waals surface area contributed by atoms with Gasteiger partial charge in [-0.05, 0) is 20.8 Å². The van der Waals surface area contributed by atoms with Crippen molar-refractivity contribution < 1.29 is 4.90 Å². The summed E-state index contributed by atoms with van der Waals surface area (Å²) in [4.78, 5) is 1.68. The quantitative estimate of drug-likeness (QED) is 0.321. The highest BCUT2D eigenvalue weighted by Crippen LogP contribution is 2.33. The van der Waals surface area contributed by atoms with Gasteiger partial charge in [0.2, 0.25) is 0 Å². The zero-order chi connectivity index (χ0) is 18.7. The van der Waals surface area contributed by atoms with Crippen molar-refractivity contribution in [3.05, 3.63) is 0 Å². The van der Waals surface area contributed by atoms with Crippen LogP contribution < -0.4 is 4.90 Å². The van der Waals surface area contributed by atoms with E-state index in [9.17, 15) is 0 Å². The molecule has 0 unspecified atom stereocenters. The Labute approximate surface area is 156 Å². The lowest BCUT2D eigenvalue weighted by Gasteiger charge is -2.40. The number of unbranched alkanes of at least 4 members (excludes halogenated alkanes) is 4. The monoisotopic (exact) mass is 341 g/mol. The Bertz CT molecular complexity index is 183. The predicted molar refractivity (Wildman–Crippen MR) is 117 cm³/mol. The average molecular weight is 341 g/mol. The Hall–Kier alpha value is 0.0249. The van der Waals surface area contributed by atoms with E-state index in [0.717, 1.165) is 0 Å². The van der Waals surface area contributed by atoms with Gasteiger partial charge in [0.05, 0.1) is 19.6 Å². The molecule has 0 bridgehead atoms. The van der Waals surface area contributed by atoms with Gasteiger partial charge in [-0.1, -0.05) is 79.1 Å². The highest BCUT2D eigenvalue weighted by Gasteiger charge is 2.22. The van der Waals surface area contributed by atoms with E-state index in [4.69, 9.17) is 0 Å². The Balaban J connectivity index is 0. The number of quaternary nitrogens is 1. The van der Waals surface area contributed by atoms with E-state index in [0.29, 0.717) is 0 Å². The highest BCUT2D eigenvalue weighted by atomic mass is 15.1. The molecule has 0 aromatic heterocycles. The molecule has 0 atom stereocenters. The molecule has 0 amide bonds. The maximum Gasteiger partial charge on any atom is 0.0742 e. The second-order valence-corrected chi connectivity index (χ2v) is 8.11. The maximum absolute atomic E-state index is 2.35. The summed E-state index contributed by atoms with van der Waals surface area (Å²) in [5, 5.41) is 0. The molecule has 0 aromatic carbocycles. The fourth-order valence-electron chi connectivity index (χ4n) is 4.16. The van der Waals surface area contributed by atoms with Gasteiger partial charge in [0.1, 0.15) is 0 Å². The minimum Gasteiger partial charge on any atom is -0.336 e. The lowest BCUT2D eigenvalue weighted by atomic mass is 9.17. The van der Waals surface area contributed by atoms with Crippen LogP contribution in [0, 0.1) is 0 Å². The number of nitrogens with one attached hydrogen (secondary N) is 1. The van der Waals surface area contributed by atoms with Crippen molar-refractivity contribution in [2.45, 2.75) is 125 Å². The predicted octanol–water partition coefficient (Wildman–Crippen LogP) is 6.57. The summed E-state index contributed by atoms with van der Waals surface area (Å²) >= 11 is 0. The first-order valence-electron chi connectivity index (χ1n) is 11.6. The largest absolute Gasteiger partial charge is 0.336 e. The number of hydrogen-bond acceptors (Lipinski definition) is 0. The summed E-state index contributed by atoms with van der Waals surface area (Å²) in [5.74, 6) is 0. The van der Waals surface area contributed by atoms with Crippen molar-refractivity contribution in [1.29, 1.82) is 0 Å². The lowest BCUT2D eigenvalue weighted by Crippen LogP contribution is -3.11. The van der Waals surface area contributed by atoms with E-state index in [1.807, 2.05) is 0 Å². The summed E-state index contributed by atoms with van der Waals surface area (Å²) < 4.78 is 0. The van der Waals surface area contributed by atoms with Crippen LogP contribution in [0.3, 0.4) is 0 Å². The molecule has 0 spiro atoms. The normalized spacial score (nSPS) is 11.5.